The molecule has 4 nitrogen and oxygen atoms in total. The number of hydrogen-bond acceptors (Lipinski definition) is 3. The van der Waals surface area contributed by atoms with Gasteiger partial charge in [0.1, 0.15) is 4.99 Å². The molecule has 6 heteroatoms. The van der Waals surface area contributed by atoms with Gasteiger partial charge in [-0.3, -0.25) is 0 Å². The smallest absolute Gasteiger partial charge is 0.243 e. The summed E-state index contributed by atoms with van der Waals surface area (Å²) in [4.78, 5) is 0.485. The maximum absolute atomic E-state index is 12.8. The third kappa shape index (κ3) is 2.87. The van der Waals surface area contributed by atoms with Gasteiger partial charge in [-0.25, -0.2) is 8.42 Å². The van der Waals surface area contributed by atoms with E-state index in [2.05, 4.69) is 13.8 Å². The van der Waals surface area contributed by atoms with E-state index in [1.807, 2.05) is 0 Å². The van der Waals surface area contributed by atoms with Gasteiger partial charge in [-0.1, -0.05) is 38.2 Å². The van der Waals surface area contributed by atoms with Gasteiger partial charge in [-0.2, -0.15) is 4.31 Å². The van der Waals surface area contributed by atoms with Crippen molar-refractivity contribution in [2.45, 2.75) is 37.6 Å². The fourth-order valence-corrected chi connectivity index (χ4v) is 4.67. The molecule has 2 rings (SSSR count). The highest BCUT2D eigenvalue weighted by atomic mass is 32.2. The maximum Gasteiger partial charge on any atom is 0.243 e. The molecule has 0 radical (unpaired) electrons. The van der Waals surface area contributed by atoms with Crippen molar-refractivity contribution >= 4 is 27.2 Å². The summed E-state index contributed by atoms with van der Waals surface area (Å²) in [5.41, 5.74) is 6.16. The molecule has 0 aromatic heterocycles. The van der Waals surface area contributed by atoms with Crippen molar-refractivity contribution in [2.24, 2.45) is 11.7 Å². The highest BCUT2D eigenvalue weighted by molar-refractivity contribution is 7.89. The minimum atomic E-state index is -3.47. The van der Waals surface area contributed by atoms with E-state index in [1.54, 1.807) is 28.6 Å². The van der Waals surface area contributed by atoms with Crippen molar-refractivity contribution in [1.29, 1.82) is 0 Å². The lowest BCUT2D eigenvalue weighted by atomic mass is 10.0. The molecule has 1 fully saturated rings. The lowest BCUT2D eigenvalue weighted by Gasteiger charge is -2.27. The van der Waals surface area contributed by atoms with Crippen molar-refractivity contribution < 1.29 is 8.42 Å². The fraction of sp³-hybridized carbons (Fsp3) is 0.500. The molecular formula is C14H20N2O2S2. The van der Waals surface area contributed by atoms with E-state index in [-0.39, 0.29) is 15.9 Å². The van der Waals surface area contributed by atoms with E-state index in [1.165, 1.54) is 0 Å². The Balaban J connectivity index is 2.40. The van der Waals surface area contributed by atoms with E-state index in [4.69, 9.17) is 18.0 Å². The van der Waals surface area contributed by atoms with Gasteiger partial charge in [-0.05, 0) is 30.9 Å². The van der Waals surface area contributed by atoms with Gasteiger partial charge in [0, 0.05) is 18.2 Å². The molecule has 0 amide bonds. The molecule has 1 atom stereocenters. The third-order valence-electron chi connectivity index (χ3n) is 3.74. The Hall–Kier alpha value is -0.980. The zero-order valence-electron chi connectivity index (χ0n) is 11.7. The second-order valence-electron chi connectivity index (χ2n) is 5.46. The first-order valence-corrected chi connectivity index (χ1v) is 8.60. The first kappa shape index (κ1) is 15.4. The highest BCUT2D eigenvalue weighted by Gasteiger charge is 2.36. The van der Waals surface area contributed by atoms with Crippen LogP contribution < -0.4 is 5.73 Å². The van der Waals surface area contributed by atoms with Gasteiger partial charge < -0.3 is 5.73 Å². The van der Waals surface area contributed by atoms with Crippen molar-refractivity contribution in [2.75, 3.05) is 6.54 Å². The van der Waals surface area contributed by atoms with Gasteiger partial charge in [0.05, 0.1) is 4.90 Å². The number of nitrogens with two attached hydrogens (primary N) is 1. The Labute approximate surface area is 126 Å². The number of nitrogens with zero attached hydrogens (tertiary/aromatic N) is 1. The first-order chi connectivity index (χ1) is 9.34. The Morgan fingerprint density at radius 1 is 1.45 bits per heavy atom. The van der Waals surface area contributed by atoms with Crippen LogP contribution in [0.5, 0.6) is 0 Å². The van der Waals surface area contributed by atoms with Gasteiger partial charge in [0.2, 0.25) is 10.0 Å². The van der Waals surface area contributed by atoms with Crippen LogP contribution in [-0.4, -0.2) is 30.3 Å². The minimum absolute atomic E-state index is 0.0773. The summed E-state index contributed by atoms with van der Waals surface area (Å²) in [7, 11) is -3.47. The average Bonchev–Trinajstić information content (AvgIpc) is 2.89. The molecule has 1 heterocycles. The molecule has 0 spiro atoms. The van der Waals surface area contributed by atoms with Crippen LogP contribution in [0.25, 0.3) is 0 Å². The Bertz CT molecular complexity index is 611. The molecule has 0 bridgehead atoms. The summed E-state index contributed by atoms with van der Waals surface area (Å²) in [5, 5.41) is 0. The van der Waals surface area contributed by atoms with E-state index >= 15 is 0 Å². The van der Waals surface area contributed by atoms with Crippen LogP contribution in [0.4, 0.5) is 0 Å². The molecular weight excluding hydrogens is 292 g/mol. The molecule has 0 saturated carbocycles. The van der Waals surface area contributed by atoms with Crippen molar-refractivity contribution in [3.8, 4) is 0 Å². The Kier molecular flexibility index (Phi) is 4.46. The molecule has 2 N–H and O–H groups in total. The topological polar surface area (TPSA) is 63.4 Å². The van der Waals surface area contributed by atoms with Crippen LogP contribution in [0.2, 0.25) is 0 Å². The van der Waals surface area contributed by atoms with Crippen LogP contribution in [0.1, 0.15) is 32.3 Å². The number of rotatable bonds is 4. The lowest BCUT2D eigenvalue weighted by Crippen LogP contribution is -2.38. The summed E-state index contributed by atoms with van der Waals surface area (Å²) < 4.78 is 27.2. The number of hydrogen-bond donors (Lipinski definition) is 1. The van der Waals surface area contributed by atoms with Gasteiger partial charge in [0.15, 0.2) is 0 Å². The Morgan fingerprint density at radius 3 is 2.75 bits per heavy atom. The van der Waals surface area contributed by atoms with Gasteiger partial charge >= 0.3 is 0 Å². The average molecular weight is 312 g/mol. The standard InChI is InChI=1S/C14H20N2O2S2/c1-10(2)13-7-4-8-16(13)20(17,18)12-6-3-5-11(9-12)14(15)19/h3,5-6,9-10,13H,4,7-8H2,1-2H3,(H2,15,19). The van der Waals surface area contributed by atoms with Crippen LogP contribution in [-0.2, 0) is 10.0 Å². The Morgan fingerprint density at radius 2 is 2.15 bits per heavy atom. The normalized spacial score (nSPS) is 20.4. The lowest BCUT2D eigenvalue weighted by molar-refractivity contribution is 0.316. The van der Waals surface area contributed by atoms with Crippen LogP contribution in [0.15, 0.2) is 29.2 Å². The second-order valence-corrected chi connectivity index (χ2v) is 7.79. The summed E-state index contributed by atoms with van der Waals surface area (Å²) >= 11 is 4.91. The van der Waals surface area contributed by atoms with Crippen molar-refractivity contribution in [3.05, 3.63) is 29.8 Å². The van der Waals surface area contributed by atoms with Gasteiger partial charge in [-0.15, -0.1) is 0 Å². The predicted molar refractivity (Wildman–Crippen MR) is 84.1 cm³/mol. The van der Waals surface area contributed by atoms with Gasteiger partial charge in [0.25, 0.3) is 0 Å². The van der Waals surface area contributed by atoms with Crippen molar-refractivity contribution in [3.63, 3.8) is 0 Å². The number of benzene rings is 1. The quantitative estimate of drug-likeness (QED) is 0.865. The highest BCUT2D eigenvalue weighted by Crippen LogP contribution is 2.30. The first-order valence-electron chi connectivity index (χ1n) is 6.75. The van der Waals surface area contributed by atoms with Crippen LogP contribution in [0.3, 0.4) is 0 Å². The molecule has 110 valence electrons. The second kappa shape index (κ2) is 5.79. The maximum atomic E-state index is 12.8. The van der Waals surface area contributed by atoms with E-state index in [0.29, 0.717) is 18.0 Å². The molecule has 20 heavy (non-hydrogen) atoms. The molecule has 1 aliphatic heterocycles. The molecule has 1 saturated heterocycles. The van der Waals surface area contributed by atoms with E-state index < -0.39 is 10.0 Å². The zero-order chi connectivity index (χ0) is 14.9. The van der Waals surface area contributed by atoms with E-state index in [9.17, 15) is 8.42 Å². The minimum Gasteiger partial charge on any atom is -0.389 e. The largest absolute Gasteiger partial charge is 0.389 e. The van der Waals surface area contributed by atoms with Crippen molar-refractivity contribution in [1.82, 2.24) is 4.31 Å². The predicted octanol–water partition coefficient (Wildman–Crippen LogP) is 2.13. The summed E-state index contributed by atoms with van der Waals surface area (Å²) in [6.45, 7) is 4.70. The third-order valence-corrected chi connectivity index (χ3v) is 5.90. The molecule has 0 aliphatic carbocycles. The summed E-state index contributed by atoms with van der Waals surface area (Å²) in [5.74, 6) is 0.311. The monoisotopic (exact) mass is 312 g/mol. The SMILES string of the molecule is CC(C)C1CCCN1S(=O)(=O)c1cccc(C(N)=S)c1. The summed E-state index contributed by atoms with van der Waals surface area (Å²) in [6.07, 6.45) is 1.84. The molecule has 1 aromatic carbocycles. The van der Waals surface area contributed by atoms with Crippen LogP contribution in [0, 0.1) is 5.92 Å². The summed E-state index contributed by atoms with van der Waals surface area (Å²) in [6, 6.07) is 6.65. The van der Waals surface area contributed by atoms with Crippen LogP contribution >= 0.6 is 12.2 Å². The van der Waals surface area contributed by atoms with E-state index in [0.717, 1.165) is 12.8 Å². The number of sulfonamides is 1. The molecule has 1 unspecified atom stereocenters. The molecule has 1 aliphatic rings. The zero-order valence-corrected chi connectivity index (χ0v) is 13.4. The number of thiocarbonyl (C=S) groups is 1. The fourth-order valence-electron chi connectivity index (χ4n) is 2.68. The molecule has 1 aromatic rings.